The molecule has 6 nitrogen and oxygen atoms in total. The van der Waals surface area contributed by atoms with Crippen LogP contribution in [-0.4, -0.2) is 24.9 Å². The maximum atomic E-state index is 13.9. The van der Waals surface area contributed by atoms with E-state index in [4.69, 9.17) is 9.27 Å². The fourth-order valence-electron chi connectivity index (χ4n) is 5.65. The molecule has 0 amide bonds. The van der Waals surface area contributed by atoms with Crippen LogP contribution in [-0.2, 0) is 19.2 Å². The molecule has 0 unspecified atom stereocenters. The molecule has 0 saturated heterocycles. The molecule has 42 heavy (non-hydrogen) atoms. The van der Waals surface area contributed by atoms with E-state index in [1.54, 1.807) is 20.8 Å². The molecule has 1 aliphatic rings. The van der Waals surface area contributed by atoms with Crippen molar-refractivity contribution >= 4 is 43.2 Å². The Morgan fingerprint density at radius 3 is 2.07 bits per heavy atom. The van der Waals surface area contributed by atoms with Gasteiger partial charge in [-0.05, 0) is 64.8 Å². The fraction of sp³-hybridized carbons (Fsp3) is 0.559. The molecule has 1 aromatic heterocycles. The van der Waals surface area contributed by atoms with Crippen molar-refractivity contribution < 1.29 is 17.5 Å². The third-order valence-electron chi connectivity index (χ3n) is 8.15. The lowest BCUT2D eigenvalue weighted by molar-refractivity contribution is -0.119. The Bertz CT molecular complexity index is 1560. The molecular weight excluding hydrogens is 565 g/mol. The minimum Gasteiger partial charge on any atom is -0.292 e. The van der Waals surface area contributed by atoms with Crippen LogP contribution in [0.3, 0.4) is 0 Å². The van der Waals surface area contributed by atoms with Crippen molar-refractivity contribution in [3.05, 3.63) is 57.6 Å². The number of carbonyl (C=O) groups is 1. The van der Waals surface area contributed by atoms with Gasteiger partial charge in [-0.1, -0.05) is 111 Å². The second kappa shape index (κ2) is 12.6. The third kappa shape index (κ3) is 6.80. The molecule has 0 aliphatic heterocycles. The average molecular weight is 611 g/mol. The SMILES string of the molecule is CC(C)c1cc(C(C)C)c(S(=O)(=O)O/N=C(\C(=O)C(C)(C)C)c2nc3c(C4CCCCC4)cccc3s2)c(C(C)C)c1. The van der Waals surface area contributed by atoms with Crippen LogP contribution in [0.2, 0.25) is 0 Å². The van der Waals surface area contributed by atoms with Crippen molar-refractivity contribution in [2.24, 2.45) is 10.6 Å². The van der Waals surface area contributed by atoms with E-state index in [2.05, 4.69) is 25.1 Å². The number of hydrogen-bond acceptors (Lipinski definition) is 7. The minimum atomic E-state index is -4.35. The predicted octanol–water partition coefficient (Wildman–Crippen LogP) is 9.44. The molecule has 8 heteroatoms. The number of fused-ring (bicyclic) bond motifs is 1. The van der Waals surface area contributed by atoms with E-state index in [0.29, 0.717) is 22.1 Å². The van der Waals surface area contributed by atoms with Crippen molar-refractivity contribution in [1.82, 2.24) is 4.98 Å². The lowest BCUT2D eigenvalue weighted by atomic mass is 9.84. The van der Waals surface area contributed by atoms with Gasteiger partial charge in [-0.25, -0.2) is 4.98 Å². The monoisotopic (exact) mass is 610 g/mol. The Morgan fingerprint density at radius 1 is 0.952 bits per heavy atom. The lowest BCUT2D eigenvalue weighted by Gasteiger charge is -2.22. The fourth-order valence-corrected chi connectivity index (χ4v) is 8.04. The Labute approximate surface area is 256 Å². The smallest absolute Gasteiger partial charge is 0.292 e. The van der Waals surface area contributed by atoms with Crippen LogP contribution in [0.4, 0.5) is 0 Å². The van der Waals surface area contributed by atoms with E-state index in [9.17, 15) is 13.2 Å². The van der Waals surface area contributed by atoms with Gasteiger partial charge in [0.05, 0.1) is 10.2 Å². The van der Waals surface area contributed by atoms with E-state index in [-0.39, 0.29) is 34.1 Å². The highest BCUT2D eigenvalue weighted by atomic mass is 32.2. The highest BCUT2D eigenvalue weighted by Gasteiger charge is 2.33. The average Bonchev–Trinajstić information content (AvgIpc) is 3.36. The Kier molecular flexibility index (Phi) is 9.68. The van der Waals surface area contributed by atoms with Gasteiger partial charge in [-0.15, -0.1) is 11.3 Å². The van der Waals surface area contributed by atoms with Crippen LogP contribution in [0, 0.1) is 5.41 Å². The van der Waals surface area contributed by atoms with Crippen LogP contribution in [0.1, 0.15) is 145 Å². The van der Waals surface area contributed by atoms with Gasteiger partial charge in [-0.2, -0.15) is 8.42 Å². The van der Waals surface area contributed by atoms with Crippen LogP contribution < -0.4 is 0 Å². The summed E-state index contributed by atoms with van der Waals surface area (Å²) in [6, 6.07) is 10.1. The van der Waals surface area contributed by atoms with E-state index >= 15 is 0 Å². The maximum absolute atomic E-state index is 13.9. The van der Waals surface area contributed by atoms with Crippen molar-refractivity contribution in [3.63, 3.8) is 0 Å². The molecule has 0 atom stereocenters. The van der Waals surface area contributed by atoms with Crippen molar-refractivity contribution in [2.75, 3.05) is 0 Å². The second-order valence-electron chi connectivity index (χ2n) is 13.6. The molecule has 1 aliphatic carbocycles. The Morgan fingerprint density at radius 2 is 1.55 bits per heavy atom. The Hall–Kier alpha value is -2.58. The zero-order chi connectivity index (χ0) is 31.0. The van der Waals surface area contributed by atoms with E-state index in [1.807, 2.05) is 52.0 Å². The van der Waals surface area contributed by atoms with Crippen LogP contribution in [0.15, 0.2) is 40.4 Å². The number of oxime groups is 1. The van der Waals surface area contributed by atoms with Gasteiger partial charge < -0.3 is 0 Å². The molecular formula is C34H46N2O4S2. The number of carbonyl (C=O) groups excluding carboxylic acids is 1. The van der Waals surface area contributed by atoms with Crippen LogP contribution in [0.5, 0.6) is 0 Å². The molecule has 228 valence electrons. The predicted molar refractivity (Wildman–Crippen MR) is 173 cm³/mol. The lowest BCUT2D eigenvalue weighted by Crippen LogP contribution is -2.30. The van der Waals surface area contributed by atoms with Crippen molar-refractivity contribution in [3.8, 4) is 0 Å². The van der Waals surface area contributed by atoms with E-state index in [1.165, 1.54) is 36.2 Å². The summed E-state index contributed by atoms with van der Waals surface area (Å²) in [6.45, 7) is 17.5. The molecule has 0 bridgehead atoms. The van der Waals surface area contributed by atoms with Gasteiger partial charge in [0.25, 0.3) is 0 Å². The van der Waals surface area contributed by atoms with Crippen molar-refractivity contribution in [2.45, 2.75) is 123 Å². The molecule has 1 heterocycles. The molecule has 0 spiro atoms. The largest absolute Gasteiger partial charge is 0.359 e. The van der Waals surface area contributed by atoms with Gasteiger partial charge in [0.2, 0.25) is 0 Å². The number of rotatable bonds is 9. The number of thiazole rings is 1. The number of benzene rings is 2. The van der Waals surface area contributed by atoms with Crippen LogP contribution in [0.25, 0.3) is 10.2 Å². The highest BCUT2D eigenvalue weighted by molar-refractivity contribution is 7.86. The molecule has 0 N–H and O–H groups in total. The summed E-state index contributed by atoms with van der Waals surface area (Å²) in [5.41, 5.74) is 3.66. The van der Waals surface area contributed by atoms with Gasteiger partial charge in [0.1, 0.15) is 9.90 Å². The first-order valence-electron chi connectivity index (χ1n) is 15.3. The molecule has 2 aromatic carbocycles. The number of Topliss-reactive ketones (excluding diaryl/α,β-unsaturated/α-hetero) is 1. The summed E-state index contributed by atoms with van der Waals surface area (Å²) in [5.74, 6) is 0.238. The standard InChI is InChI=1S/C34H46N2O4S2/c1-20(2)24-18-26(21(3)4)31(27(19-24)22(5)6)42(38,39)40-36-30(32(37)34(7,8)9)33-35-29-25(16-13-17-28(29)41-33)23-14-11-10-12-15-23/h13,16-23H,10-12,14-15H2,1-9H3/b36-30+. The topological polar surface area (TPSA) is 85.7 Å². The van der Waals surface area contributed by atoms with Gasteiger partial charge in [0.15, 0.2) is 11.5 Å². The first-order chi connectivity index (χ1) is 19.6. The number of hydrogen-bond donors (Lipinski definition) is 0. The first kappa shape index (κ1) is 32.3. The summed E-state index contributed by atoms with van der Waals surface area (Å²) < 4.78 is 34.3. The van der Waals surface area contributed by atoms with Crippen LogP contribution >= 0.6 is 11.3 Å². The van der Waals surface area contributed by atoms with Gasteiger partial charge in [-0.3, -0.25) is 9.08 Å². The van der Waals surface area contributed by atoms with E-state index < -0.39 is 15.5 Å². The molecule has 1 saturated carbocycles. The summed E-state index contributed by atoms with van der Waals surface area (Å²) in [4.78, 5) is 18.8. The normalized spacial score (nSPS) is 15.8. The summed E-state index contributed by atoms with van der Waals surface area (Å²) in [6.07, 6.45) is 5.92. The molecule has 0 radical (unpaired) electrons. The zero-order valence-corrected chi connectivity index (χ0v) is 28.2. The number of ketones is 1. The molecule has 4 rings (SSSR count). The maximum Gasteiger partial charge on any atom is 0.359 e. The second-order valence-corrected chi connectivity index (χ2v) is 16.1. The number of nitrogens with zero attached hydrogens (tertiary/aromatic N) is 2. The summed E-state index contributed by atoms with van der Waals surface area (Å²) in [7, 11) is -4.35. The van der Waals surface area contributed by atoms with Gasteiger partial charge in [0, 0.05) is 5.41 Å². The molecule has 1 fully saturated rings. The number of aromatic nitrogens is 1. The summed E-state index contributed by atoms with van der Waals surface area (Å²) >= 11 is 1.36. The number of para-hydroxylation sites is 1. The third-order valence-corrected chi connectivity index (χ3v) is 10.4. The van der Waals surface area contributed by atoms with Crippen molar-refractivity contribution in [1.29, 1.82) is 0 Å². The summed E-state index contributed by atoms with van der Waals surface area (Å²) in [5, 5.41) is 4.51. The van der Waals surface area contributed by atoms with Gasteiger partial charge >= 0.3 is 10.1 Å². The minimum absolute atomic E-state index is 0.0575. The Balaban J connectivity index is 1.85. The quantitative estimate of drug-likeness (QED) is 0.178. The highest BCUT2D eigenvalue weighted by Crippen LogP contribution is 2.39. The molecule has 3 aromatic rings. The van der Waals surface area contributed by atoms with E-state index in [0.717, 1.165) is 28.6 Å². The first-order valence-corrected chi connectivity index (χ1v) is 17.5. The zero-order valence-electron chi connectivity index (χ0n) is 26.6.